The van der Waals surface area contributed by atoms with Crippen molar-refractivity contribution >= 4 is 27.4 Å². The Morgan fingerprint density at radius 2 is 2.10 bits per heavy atom. The van der Waals surface area contributed by atoms with Gasteiger partial charge in [-0.1, -0.05) is 6.07 Å². The summed E-state index contributed by atoms with van der Waals surface area (Å²) in [6.07, 6.45) is -0.284. The van der Waals surface area contributed by atoms with Crippen LogP contribution in [0.15, 0.2) is 18.2 Å². The van der Waals surface area contributed by atoms with Gasteiger partial charge in [-0.2, -0.15) is 0 Å². The standard InChI is InChI=1S/C11H14N2O6S/c1-8-4-5-9(7-10(8)13(16)17)12-20(18,19)6-2-3-11(14)15/h4-5,7,12H,2-3,6H2,1H3,(H,14,15). The molecule has 1 rings (SSSR count). The van der Waals surface area contributed by atoms with Gasteiger partial charge in [0.25, 0.3) is 5.69 Å². The second kappa shape index (κ2) is 6.33. The van der Waals surface area contributed by atoms with Crippen LogP contribution < -0.4 is 4.72 Å². The minimum atomic E-state index is -3.72. The van der Waals surface area contributed by atoms with E-state index < -0.39 is 20.9 Å². The van der Waals surface area contributed by atoms with Gasteiger partial charge in [0.2, 0.25) is 10.0 Å². The molecule has 0 saturated heterocycles. The Morgan fingerprint density at radius 3 is 2.65 bits per heavy atom. The van der Waals surface area contributed by atoms with E-state index in [-0.39, 0.29) is 30.0 Å². The van der Waals surface area contributed by atoms with E-state index in [0.717, 1.165) is 6.07 Å². The third kappa shape index (κ3) is 4.84. The highest BCUT2D eigenvalue weighted by Crippen LogP contribution is 2.23. The van der Waals surface area contributed by atoms with Gasteiger partial charge in [-0.05, 0) is 19.4 Å². The van der Waals surface area contributed by atoms with Crippen LogP contribution in [0.4, 0.5) is 11.4 Å². The fourth-order valence-corrected chi connectivity index (χ4v) is 2.63. The summed E-state index contributed by atoms with van der Waals surface area (Å²) in [6.45, 7) is 1.54. The minimum absolute atomic E-state index is 0.0291. The highest BCUT2D eigenvalue weighted by molar-refractivity contribution is 7.92. The molecule has 1 aromatic rings. The Balaban J connectivity index is 2.79. The molecule has 9 heteroatoms. The second-order valence-electron chi connectivity index (χ2n) is 4.18. The molecule has 0 fully saturated rings. The molecule has 1 aromatic carbocycles. The molecule has 0 saturated carbocycles. The van der Waals surface area contributed by atoms with E-state index in [1.165, 1.54) is 12.1 Å². The first-order valence-electron chi connectivity index (χ1n) is 5.68. The summed E-state index contributed by atoms with van der Waals surface area (Å²) < 4.78 is 25.5. The topological polar surface area (TPSA) is 127 Å². The molecule has 20 heavy (non-hydrogen) atoms. The Morgan fingerprint density at radius 1 is 1.45 bits per heavy atom. The van der Waals surface area contributed by atoms with Crippen molar-refractivity contribution < 1.29 is 23.2 Å². The summed E-state index contributed by atoms with van der Waals surface area (Å²) in [7, 11) is -3.72. The van der Waals surface area contributed by atoms with Crippen molar-refractivity contribution in [2.24, 2.45) is 0 Å². The van der Waals surface area contributed by atoms with Crippen molar-refractivity contribution in [3.05, 3.63) is 33.9 Å². The maximum absolute atomic E-state index is 11.7. The number of carboxylic acids is 1. The Labute approximate surface area is 115 Å². The predicted molar refractivity (Wildman–Crippen MR) is 72.1 cm³/mol. The van der Waals surface area contributed by atoms with Crippen molar-refractivity contribution in [2.45, 2.75) is 19.8 Å². The lowest BCUT2D eigenvalue weighted by Gasteiger charge is -2.08. The normalized spacial score (nSPS) is 11.1. The molecule has 0 aliphatic rings. The summed E-state index contributed by atoms with van der Waals surface area (Å²) in [5, 5.41) is 19.2. The number of hydrogen-bond donors (Lipinski definition) is 2. The van der Waals surface area contributed by atoms with Crippen LogP contribution in [0.3, 0.4) is 0 Å². The van der Waals surface area contributed by atoms with Crippen LogP contribution in [0.2, 0.25) is 0 Å². The number of nitro groups is 1. The second-order valence-corrected chi connectivity index (χ2v) is 6.02. The Bertz CT molecular complexity index is 626. The van der Waals surface area contributed by atoms with Gasteiger partial charge in [0.05, 0.1) is 16.4 Å². The molecule has 0 bridgehead atoms. The monoisotopic (exact) mass is 302 g/mol. The zero-order chi connectivity index (χ0) is 15.3. The number of carbonyl (C=O) groups is 1. The summed E-state index contributed by atoms with van der Waals surface area (Å²) in [4.78, 5) is 20.5. The zero-order valence-electron chi connectivity index (χ0n) is 10.7. The van der Waals surface area contributed by atoms with Crippen LogP contribution in [0, 0.1) is 17.0 Å². The fraction of sp³-hybridized carbons (Fsp3) is 0.364. The molecular formula is C11H14N2O6S. The number of aryl methyl sites for hydroxylation is 1. The molecule has 2 N–H and O–H groups in total. The van der Waals surface area contributed by atoms with E-state index in [4.69, 9.17) is 5.11 Å². The van der Waals surface area contributed by atoms with Crippen LogP contribution in [0.5, 0.6) is 0 Å². The number of nitrogens with one attached hydrogen (secondary N) is 1. The molecule has 110 valence electrons. The first-order chi connectivity index (χ1) is 9.21. The number of nitro benzene ring substituents is 1. The van der Waals surface area contributed by atoms with E-state index in [0.29, 0.717) is 5.56 Å². The minimum Gasteiger partial charge on any atom is -0.481 e. The number of carboxylic acid groups (broad SMARTS) is 1. The molecule has 0 heterocycles. The number of hydrogen-bond acceptors (Lipinski definition) is 5. The lowest BCUT2D eigenvalue weighted by atomic mass is 10.2. The first kappa shape index (κ1) is 15.9. The lowest BCUT2D eigenvalue weighted by molar-refractivity contribution is -0.385. The van der Waals surface area contributed by atoms with Crippen LogP contribution >= 0.6 is 0 Å². The average Bonchev–Trinajstić information content (AvgIpc) is 2.30. The van der Waals surface area contributed by atoms with Crippen LogP contribution in [0.25, 0.3) is 0 Å². The van der Waals surface area contributed by atoms with Gasteiger partial charge in [-0.3, -0.25) is 19.6 Å². The van der Waals surface area contributed by atoms with Crippen molar-refractivity contribution in [2.75, 3.05) is 10.5 Å². The number of benzene rings is 1. The van der Waals surface area contributed by atoms with E-state index in [2.05, 4.69) is 4.72 Å². The summed E-state index contributed by atoms with van der Waals surface area (Å²) in [5.74, 6) is -1.44. The molecule has 0 aromatic heterocycles. The number of nitrogens with zero attached hydrogens (tertiary/aromatic N) is 1. The highest BCUT2D eigenvalue weighted by Gasteiger charge is 2.15. The van der Waals surface area contributed by atoms with E-state index in [9.17, 15) is 23.3 Å². The maximum Gasteiger partial charge on any atom is 0.303 e. The molecule has 8 nitrogen and oxygen atoms in total. The smallest absolute Gasteiger partial charge is 0.303 e. The fourth-order valence-electron chi connectivity index (χ4n) is 1.51. The summed E-state index contributed by atoms with van der Waals surface area (Å²) in [6, 6.07) is 3.98. The number of rotatable bonds is 7. The van der Waals surface area contributed by atoms with Crippen molar-refractivity contribution in [3.8, 4) is 0 Å². The molecule has 0 amide bonds. The molecule has 0 unspecified atom stereocenters. The largest absolute Gasteiger partial charge is 0.481 e. The third-order valence-corrected chi connectivity index (χ3v) is 3.86. The maximum atomic E-state index is 11.7. The first-order valence-corrected chi connectivity index (χ1v) is 7.34. The third-order valence-electron chi connectivity index (χ3n) is 2.48. The van der Waals surface area contributed by atoms with E-state index in [1.54, 1.807) is 6.92 Å². The number of anilines is 1. The predicted octanol–water partition coefficient (Wildman–Crippen LogP) is 1.51. The summed E-state index contributed by atoms with van der Waals surface area (Å²) in [5.41, 5.74) is 0.317. The van der Waals surface area contributed by atoms with Gasteiger partial charge < -0.3 is 5.11 Å². The van der Waals surface area contributed by atoms with Gasteiger partial charge in [-0.25, -0.2) is 8.42 Å². The van der Waals surface area contributed by atoms with E-state index >= 15 is 0 Å². The van der Waals surface area contributed by atoms with Gasteiger partial charge in [0, 0.05) is 18.1 Å². The molecule has 0 aliphatic carbocycles. The van der Waals surface area contributed by atoms with Crippen LogP contribution in [0.1, 0.15) is 18.4 Å². The van der Waals surface area contributed by atoms with Crippen LogP contribution in [-0.4, -0.2) is 30.2 Å². The zero-order valence-corrected chi connectivity index (χ0v) is 11.5. The number of aliphatic carboxylic acids is 1. The number of sulfonamides is 1. The lowest BCUT2D eigenvalue weighted by Crippen LogP contribution is -2.17. The quantitative estimate of drug-likeness (QED) is 0.580. The van der Waals surface area contributed by atoms with Gasteiger partial charge >= 0.3 is 5.97 Å². The molecule has 0 atom stereocenters. The van der Waals surface area contributed by atoms with Gasteiger partial charge in [0.1, 0.15) is 0 Å². The summed E-state index contributed by atoms with van der Waals surface area (Å²) >= 11 is 0. The molecule has 0 aliphatic heterocycles. The SMILES string of the molecule is Cc1ccc(NS(=O)(=O)CCCC(=O)O)cc1[N+](=O)[O-]. The molecule has 0 radical (unpaired) electrons. The van der Waals surface area contributed by atoms with Gasteiger partial charge in [-0.15, -0.1) is 0 Å². The van der Waals surface area contributed by atoms with Crippen molar-refractivity contribution in [1.82, 2.24) is 0 Å². The Kier molecular flexibility index (Phi) is 5.03. The van der Waals surface area contributed by atoms with E-state index in [1.807, 2.05) is 0 Å². The average molecular weight is 302 g/mol. The molecule has 0 spiro atoms. The van der Waals surface area contributed by atoms with Crippen molar-refractivity contribution in [1.29, 1.82) is 0 Å². The van der Waals surface area contributed by atoms with Gasteiger partial charge in [0.15, 0.2) is 0 Å². The highest BCUT2D eigenvalue weighted by atomic mass is 32.2. The van der Waals surface area contributed by atoms with Crippen LogP contribution in [-0.2, 0) is 14.8 Å². The van der Waals surface area contributed by atoms with Crippen molar-refractivity contribution in [3.63, 3.8) is 0 Å². The Hall–Kier alpha value is -2.16. The molecular weight excluding hydrogens is 288 g/mol.